The van der Waals surface area contributed by atoms with Crippen LogP contribution in [0.5, 0.6) is 0 Å². The van der Waals surface area contributed by atoms with Gasteiger partial charge in [-0.25, -0.2) is 0 Å². The summed E-state index contributed by atoms with van der Waals surface area (Å²) in [6.45, 7) is 3.31. The van der Waals surface area contributed by atoms with Gasteiger partial charge >= 0.3 is 0 Å². The smallest absolute Gasteiger partial charge is 0.0408 e. The summed E-state index contributed by atoms with van der Waals surface area (Å²) in [5, 5.41) is 7.65. The average Bonchev–Trinajstić information content (AvgIpc) is 2.37. The van der Waals surface area contributed by atoms with E-state index < -0.39 is 0 Å². The molecule has 0 amide bonds. The van der Waals surface area contributed by atoms with Crippen LogP contribution < -0.4 is 10.6 Å². The van der Waals surface area contributed by atoms with E-state index in [1.165, 1.54) is 18.4 Å². The number of piperidine rings is 1. The largest absolute Gasteiger partial charge is 0.319 e. The van der Waals surface area contributed by atoms with E-state index in [-0.39, 0.29) is 0 Å². The molecule has 1 heterocycles. The number of likely N-dealkylation sites (N-methyl/N-ethyl adjacent to an activating group) is 1. The molecule has 2 nitrogen and oxygen atoms in total. The Morgan fingerprint density at radius 1 is 1.53 bits per heavy atom. The first-order chi connectivity index (χ1) is 8.31. The van der Waals surface area contributed by atoms with Crippen molar-refractivity contribution in [1.82, 2.24) is 10.6 Å². The zero-order valence-corrected chi connectivity index (χ0v) is 11.1. The molecule has 2 rings (SSSR count). The number of nitrogens with one attached hydrogen (secondary N) is 2. The standard InChI is InChI=1S/C14H21ClN2/c1-16-10-14(12-5-3-7-17-9-12)11-4-2-6-13(15)8-11/h2,4,6,8,12,14,16-17H,3,5,7,9-10H2,1H3. The molecule has 2 N–H and O–H groups in total. The van der Waals surface area contributed by atoms with Crippen LogP contribution in [0.25, 0.3) is 0 Å². The first-order valence-corrected chi connectivity index (χ1v) is 6.80. The molecule has 94 valence electrons. The minimum atomic E-state index is 0.562. The molecule has 0 saturated carbocycles. The van der Waals surface area contributed by atoms with Crippen LogP contribution in [0.15, 0.2) is 24.3 Å². The van der Waals surface area contributed by atoms with E-state index in [1.54, 1.807) is 0 Å². The van der Waals surface area contributed by atoms with E-state index in [2.05, 4.69) is 28.8 Å². The Hall–Kier alpha value is -0.570. The molecule has 1 saturated heterocycles. The second kappa shape index (κ2) is 6.39. The van der Waals surface area contributed by atoms with Gasteiger partial charge in [0.2, 0.25) is 0 Å². The van der Waals surface area contributed by atoms with Crippen molar-refractivity contribution in [2.75, 3.05) is 26.7 Å². The van der Waals surface area contributed by atoms with Crippen LogP contribution >= 0.6 is 11.6 Å². The maximum Gasteiger partial charge on any atom is 0.0408 e. The Balaban J connectivity index is 2.15. The van der Waals surface area contributed by atoms with Gasteiger partial charge in [0.25, 0.3) is 0 Å². The maximum atomic E-state index is 6.09. The fourth-order valence-electron chi connectivity index (χ4n) is 2.74. The van der Waals surface area contributed by atoms with Crippen molar-refractivity contribution in [3.63, 3.8) is 0 Å². The zero-order chi connectivity index (χ0) is 12.1. The lowest BCUT2D eigenvalue weighted by Crippen LogP contribution is -2.36. The number of benzene rings is 1. The lowest BCUT2D eigenvalue weighted by Gasteiger charge is -2.31. The fraction of sp³-hybridized carbons (Fsp3) is 0.571. The Morgan fingerprint density at radius 3 is 3.06 bits per heavy atom. The zero-order valence-electron chi connectivity index (χ0n) is 10.4. The van der Waals surface area contributed by atoms with Crippen LogP contribution in [-0.4, -0.2) is 26.7 Å². The van der Waals surface area contributed by atoms with Crippen LogP contribution in [0.1, 0.15) is 24.3 Å². The van der Waals surface area contributed by atoms with Crippen LogP contribution in [0.3, 0.4) is 0 Å². The van der Waals surface area contributed by atoms with Gasteiger partial charge in [-0.05, 0) is 56.6 Å². The number of hydrogen-bond acceptors (Lipinski definition) is 2. The van der Waals surface area contributed by atoms with E-state index in [0.717, 1.165) is 30.6 Å². The molecule has 0 spiro atoms. The minimum Gasteiger partial charge on any atom is -0.319 e. The summed E-state index contributed by atoms with van der Waals surface area (Å²) in [7, 11) is 2.02. The molecule has 17 heavy (non-hydrogen) atoms. The maximum absolute atomic E-state index is 6.09. The van der Waals surface area contributed by atoms with Gasteiger partial charge in [-0.3, -0.25) is 0 Å². The highest BCUT2D eigenvalue weighted by molar-refractivity contribution is 6.30. The molecule has 2 unspecified atom stereocenters. The van der Waals surface area contributed by atoms with Crippen molar-refractivity contribution in [1.29, 1.82) is 0 Å². The highest BCUT2D eigenvalue weighted by Gasteiger charge is 2.24. The van der Waals surface area contributed by atoms with Gasteiger partial charge < -0.3 is 10.6 Å². The number of rotatable bonds is 4. The summed E-state index contributed by atoms with van der Waals surface area (Å²) >= 11 is 6.09. The van der Waals surface area contributed by atoms with Gasteiger partial charge in [0.1, 0.15) is 0 Å². The van der Waals surface area contributed by atoms with Gasteiger partial charge in [-0.1, -0.05) is 23.7 Å². The van der Waals surface area contributed by atoms with Gasteiger partial charge in [0, 0.05) is 17.5 Å². The van der Waals surface area contributed by atoms with Gasteiger partial charge in [0.15, 0.2) is 0 Å². The summed E-state index contributed by atoms with van der Waals surface area (Å²) in [6, 6.07) is 8.30. The van der Waals surface area contributed by atoms with Crippen LogP contribution in [-0.2, 0) is 0 Å². The number of hydrogen-bond donors (Lipinski definition) is 2. The van der Waals surface area contributed by atoms with Crippen molar-refractivity contribution < 1.29 is 0 Å². The van der Waals surface area contributed by atoms with Crippen LogP contribution in [0, 0.1) is 5.92 Å². The van der Waals surface area contributed by atoms with Crippen LogP contribution in [0.2, 0.25) is 5.02 Å². The summed E-state index contributed by atoms with van der Waals surface area (Å²) in [5.41, 5.74) is 1.36. The quantitative estimate of drug-likeness (QED) is 0.861. The molecule has 0 radical (unpaired) electrons. The molecule has 2 atom stereocenters. The molecular weight excluding hydrogens is 232 g/mol. The van der Waals surface area contributed by atoms with Crippen molar-refractivity contribution in [2.24, 2.45) is 5.92 Å². The number of halogens is 1. The molecule has 0 bridgehead atoms. The lowest BCUT2D eigenvalue weighted by molar-refractivity contribution is 0.317. The van der Waals surface area contributed by atoms with E-state index >= 15 is 0 Å². The third-order valence-corrected chi connectivity index (χ3v) is 3.84. The predicted molar refractivity (Wildman–Crippen MR) is 73.7 cm³/mol. The van der Waals surface area contributed by atoms with E-state index in [9.17, 15) is 0 Å². The van der Waals surface area contributed by atoms with Gasteiger partial charge in [0.05, 0.1) is 0 Å². The summed E-state index contributed by atoms with van der Waals surface area (Å²) in [5.74, 6) is 1.28. The Labute approximate surface area is 109 Å². The molecule has 1 aromatic rings. The second-order valence-corrected chi connectivity index (χ2v) is 5.26. The molecule has 1 aliphatic rings. The summed E-state index contributed by atoms with van der Waals surface area (Å²) < 4.78 is 0. The molecular formula is C14H21ClN2. The first kappa shape index (κ1) is 12.9. The molecule has 3 heteroatoms. The minimum absolute atomic E-state index is 0.562. The van der Waals surface area contributed by atoms with Crippen molar-refractivity contribution in [2.45, 2.75) is 18.8 Å². The molecule has 1 aromatic carbocycles. The average molecular weight is 253 g/mol. The Kier molecular flexibility index (Phi) is 4.84. The second-order valence-electron chi connectivity index (χ2n) is 4.83. The van der Waals surface area contributed by atoms with Crippen molar-refractivity contribution >= 4 is 11.6 Å². The van der Waals surface area contributed by atoms with E-state index in [0.29, 0.717) is 5.92 Å². The molecule has 1 fully saturated rings. The van der Waals surface area contributed by atoms with Crippen LogP contribution in [0.4, 0.5) is 0 Å². The van der Waals surface area contributed by atoms with E-state index in [4.69, 9.17) is 11.6 Å². The Bertz CT molecular complexity index is 348. The lowest BCUT2D eigenvalue weighted by atomic mass is 9.81. The van der Waals surface area contributed by atoms with Crippen molar-refractivity contribution in [3.05, 3.63) is 34.9 Å². The summed E-state index contributed by atoms with van der Waals surface area (Å²) in [6.07, 6.45) is 2.59. The first-order valence-electron chi connectivity index (χ1n) is 6.42. The normalized spacial score (nSPS) is 22.4. The molecule has 0 aromatic heterocycles. The highest BCUT2D eigenvalue weighted by Crippen LogP contribution is 2.30. The summed E-state index contributed by atoms with van der Waals surface area (Å²) in [4.78, 5) is 0. The topological polar surface area (TPSA) is 24.1 Å². The van der Waals surface area contributed by atoms with E-state index in [1.807, 2.05) is 13.1 Å². The van der Waals surface area contributed by atoms with Gasteiger partial charge in [-0.15, -0.1) is 0 Å². The SMILES string of the molecule is CNCC(c1cccc(Cl)c1)C1CCCNC1. The van der Waals surface area contributed by atoms with Gasteiger partial charge in [-0.2, -0.15) is 0 Å². The molecule has 1 aliphatic heterocycles. The highest BCUT2D eigenvalue weighted by atomic mass is 35.5. The third kappa shape index (κ3) is 3.44. The molecule has 0 aliphatic carbocycles. The van der Waals surface area contributed by atoms with Crippen molar-refractivity contribution in [3.8, 4) is 0 Å². The predicted octanol–water partition coefficient (Wildman–Crippen LogP) is 2.64. The fourth-order valence-corrected chi connectivity index (χ4v) is 2.93. The Morgan fingerprint density at radius 2 is 2.41 bits per heavy atom. The third-order valence-electron chi connectivity index (χ3n) is 3.60. The monoisotopic (exact) mass is 252 g/mol.